The number of carboxylic acid groups (broad SMARTS) is 1. The average Bonchev–Trinajstić information content (AvgIpc) is 2.37. The maximum Gasteiger partial charge on any atom is 0.341 e. The van der Waals surface area contributed by atoms with Gasteiger partial charge in [0, 0.05) is 13.2 Å². The molecule has 0 unspecified atom stereocenters. The molecule has 1 aromatic heterocycles. The number of aromatic hydroxyl groups is 1. The molecule has 0 aliphatic heterocycles. The Labute approximate surface area is 116 Å². The number of nitrogens with zero attached hydrogens (tertiary/aromatic N) is 1. The lowest BCUT2D eigenvalue weighted by Crippen LogP contribution is -2.22. The molecule has 0 amide bonds. The van der Waals surface area contributed by atoms with Crippen molar-refractivity contribution >= 4 is 40.1 Å². The van der Waals surface area contributed by atoms with Crippen molar-refractivity contribution in [3.05, 3.63) is 38.1 Å². The first kappa shape index (κ1) is 13.5. The summed E-state index contributed by atoms with van der Waals surface area (Å²) in [6.45, 7) is 0. The molecule has 0 fully saturated rings. The summed E-state index contributed by atoms with van der Waals surface area (Å²) >= 11 is 11.6. The van der Waals surface area contributed by atoms with E-state index in [1.165, 1.54) is 17.8 Å². The number of hydrogen-bond donors (Lipinski definition) is 3. The minimum Gasteiger partial charge on any atom is -0.504 e. The van der Waals surface area contributed by atoms with Crippen molar-refractivity contribution in [3.63, 3.8) is 0 Å². The number of nitrogens with one attached hydrogen (secondary N) is 1. The number of benzene rings is 1. The van der Waals surface area contributed by atoms with Crippen LogP contribution in [0.5, 0.6) is 5.75 Å². The normalized spacial score (nSPS) is 10.7. The van der Waals surface area contributed by atoms with Crippen LogP contribution in [0.3, 0.4) is 0 Å². The molecule has 2 rings (SSSR count). The Morgan fingerprint density at radius 1 is 1.42 bits per heavy atom. The van der Waals surface area contributed by atoms with E-state index in [4.69, 9.17) is 28.3 Å². The molecule has 0 atom stereocenters. The molecular formula is C11H8Cl2N2O4. The molecule has 3 N–H and O–H groups in total. The van der Waals surface area contributed by atoms with Crippen molar-refractivity contribution in [3.8, 4) is 5.75 Å². The summed E-state index contributed by atoms with van der Waals surface area (Å²) in [5.74, 6) is -1.77. The Morgan fingerprint density at radius 2 is 2.05 bits per heavy atom. The van der Waals surface area contributed by atoms with Gasteiger partial charge in [0.1, 0.15) is 16.1 Å². The highest BCUT2D eigenvalue weighted by Gasteiger charge is 2.19. The number of carboxylic acids is 1. The molecule has 0 aliphatic carbocycles. The first-order chi connectivity index (χ1) is 8.88. The topological polar surface area (TPSA) is 91.6 Å². The van der Waals surface area contributed by atoms with E-state index in [1.54, 1.807) is 0 Å². The molecule has 6 nitrogen and oxygen atoms in total. The number of carbonyl (C=O) groups is 1. The average molecular weight is 303 g/mol. The zero-order valence-corrected chi connectivity index (χ0v) is 11.1. The first-order valence-corrected chi connectivity index (χ1v) is 5.81. The maximum absolute atomic E-state index is 12.0. The third-order valence-corrected chi connectivity index (χ3v) is 3.41. The van der Waals surface area contributed by atoms with Gasteiger partial charge in [-0.05, 0) is 6.07 Å². The molecule has 2 aromatic rings. The number of hydrogen-bond acceptors (Lipinski definition) is 4. The standard InChI is InChI=1S/C11H8Cl2N2O4/c1-14-15-3-5(11(18)19)9(16)4-2-6(12)7(13)10(17)8(4)15/h2-3,14,17H,1H3,(H,18,19). The van der Waals surface area contributed by atoms with E-state index in [0.717, 1.165) is 6.20 Å². The maximum atomic E-state index is 12.0. The summed E-state index contributed by atoms with van der Waals surface area (Å²) in [6, 6.07) is 1.22. The SMILES string of the molecule is CNn1cc(C(=O)O)c(=O)c2cc(Cl)c(Cl)c(O)c21. The van der Waals surface area contributed by atoms with Crippen LogP contribution in [0.1, 0.15) is 10.4 Å². The van der Waals surface area contributed by atoms with Gasteiger partial charge in [0.05, 0.1) is 10.4 Å². The monoisotopic (exact) mass is 302 g/mol. The largest absolute Gasteiger partial charge is 0.504 e. The van der Waals surface area contributed by atoms with Crippen LogP contribution in [0.2, 0.25) is 10.0 Å². The van der Waals surface area contributed by atoms with Crippen LogP contribution in [-0.4, -0.2) is 27.9 Å². The number of aromatic carboxylic acids is 1. The molecule has 8 heteroatoms. The van der Waals surface area contributed by atoms with Crippen molar-refractivity contribution in [1.82, 2.24) is 4.68 Å². The highest BCUT2D eigenvalue weighted by molar-refractivity contribution is 6.44. The van der Waals surface area contributed by atoms with Crippen molar-refractivity contribution < 1.29 is 15.0 Å². The highest BCUT2D eigenvalue weighted by atomic mass is 35.5. The molecule has 0 aliphatic rings. The Bertz CT molecular complexity index is 755. The third kappa shape index (κ3) is 1.98. The van der Waals surface area contributed by atoms with Crippen LogP contribution in [0.25, 0.3) is 10.9 Å². The van der Waals surface area contributed by atoms with E-state index in [2.05, 4.69) is 5.43 Å². The van der Waals surface area contributed by atoms with E-state index in [0.29, 0.717) is 0 Å². The fourth-order valence-electron chi connectivity index (χ4n) is 1.75. The van der Waals surface area contributed by atoms with Crippen LogP contribution in [0, 0.1) is 0 Å². The van der Waals surface area contributed by atoms with Crippen molar-refractivity contribution in [2.75, 3.05) is 12.5 Å². The van der Waals surface area contributed by atoms with Crippen LogP contribution in [0.4, 0.5) is 0 Å². The lowest BCUT2D eigenvalue weighted by Gasteiger charge is -2.13. The smallest absolute Gasteiger partial charge is 0.341 e. The number of phenolic OH excluding ortho intramolecular Hbond substituents is 1. The second kappa shape index (κ2) is 4.64. The van der Waals surface area contributed by atoms with Crippen LogP contribution < -0.4 is 10.9 Å². The molecule has 1 heterocycles. The van der Waals surface area contributed by atoms with Crippen LogP contribution in [0.15, 0.2) is 17.1 Å². The number of halogens is 2. The summed E-state index contributed by atoms with van der Waals surface area (Å²) in [7, 11) is 1.50. The summed E-state index contributed by atoms with van der Waals surface area (Å²) in [5, 5.41) is 18.7. The summed E-state index contributed by atoms with van der Waals surface area (Å²) in [5.41, 5.74) is 1.50. The van der Waals surface area contributed by atoms with Gasteiger partial charge in [0.2, 0.25) is 5.43 Å². The third-order valence-electron chi connectivity index (χ3n) is 2.63. The molecule has 0 bridgehead atoms. The number of pyridine rings is 1. The molecule has 0 radical (unpaired) electrons. The highest BCUT2D eigenvalue weighted by Crippen LogP contribution is 2.36. The van der Waals surface area contributed by atoms with Gasteiger partial charge in [-0.25, -0.2) is 4.79 Å². The fraction of sp³-hybridized carbons (Fsp3) is 0.0909. The van der Waals surface area contributed by atoms with Gasteiger partial charge in [-0.3, -0.25) is 9.47 Å². The predicted molar refractivity (Wildman–Crippen MR) is 72.1 cm³/mol. The van der Waals surface area contributed by atoms with Crippen molar-refractivity contribution in [1.29, 1.82) is 0 Å². The lowest BCUT2D eigenvalue weighted by molar-refractivity contribution is 0.0695. The minimum absolute atomic E-state index is 0.0334. The van der Waals surface area contributed by atoms with Crippen LogP contribution >= 0.6 is 23.2 Å². The number of rotatable bonds is 2. The minimum atomic E-state index is -1.37. The first-order valence-electron chi connectivity index (χ1n) is 5.05. The van der Waals surface area contributed by atoms with Gasteiger partial charge < -0.3 is 15.6 Å². The van der Waals surface area contributed by atoms with Gasteiger partial charge in [-0.2, -0.15) is 0 Å². The summed E-state index contributed by atoms with van der Waals surface area (Å²) in [4.78, 5) is 23.0. The van der Waals surface area contributed by atoms with Gasteiger partial charge >= 0.3 is 5.97 Å². The fourth-order valence-corrected chi connectivity index (χ4v) is 2.09. The Balaban J connectivity index is 3.08. The quantitative estimate of drug-likeness (QED) is 0.788. The molecule has 1 aromatic carbocycles. The van der Waals surface area contributed by atoms with Gasteiger partial charge in [0.25, 0.3) is 0 Å². The van der Waals surface area contributed by atoms with Gasteiger partial charge in [-0.15, -0.1) is 0 Å². The second-order valence-corrected chi connectivity index (χ2v) is 4.47. The molecule has 0 saturated carbocycles. The van der Waals surface area contributed by atoms with E-state index < -0.39 is 22.7 Å². The lowest BCUT2D eigenvalue weighted by atomic mass is 10.1. The molecule has 100 valence electrons. The molecule has 0 spiro atoms. The Kier molecular flexibility index (Phi) is 3.30. The number of fused-ring (bicyclic) bond motifs is 1. The summed E-state index contributed by atoms with van der Waals surface area (Å²) < 4.78 is 1.19. The van der Waals surface area contributed by atoms with Gasteiger partial charge in [0.15, 0.2) is 5.75 Å². The predicted octanol–water partition coefficient (Wildman–Crippen LogP) is 1.89. The van der Waals surface area contributed by atoms with Gasteiger partial charge in [-0.1, -0.05) is 23.2 Å². The number of phenols is 1. The second-order valence-electron chi connectivity index (χ2n) is 3.69. The van der Waals surface area contributed by atoms with Crippen molar-refractivity contribution in [2.24, 2.45) is 0 Å². The van der Waals surface area contributed by atoms with Crippen molar-refractivity contribution in [2.45, 2.75) is 0 Å². The van der Waals surface area contributed by atoms with E-state index in [-0.39, 0.29) is 20.9 Å². The molecule has 0 saturated heterocycles. The summed E-state index contributed by atoms with van der Waals surface area (Å²) in [6.07, 6.45) is 1.07. The van der Waals surface area contributed by atoms with E-state index >= 15 is 0 Å². The zero-order valence-electron chi connectivity index (χ0n) is 9.57. The Hall–Kier alpha value is -1.92. The zero-order chi connectivity index (χ0) is 14.3. The van der Waals surface area contributed by atoms with E-state index in [1.807, 2.05) is 0 Å². The molecular weight excluding hydrogens is 295 g/mol. The number of aromatic nitrogens is 1. The molecule has 19 heavy (non-hydrogen) atoms. The van der Waals surface area contributed by atoms with E-state index in [9.17, 15) is 14.7 Å². The Morgan fingerprint density at radius 3 is 2.58 bits per heavy atom. The van der Waals surface area contributed by atoms with Crippen LogP contribution in [-0.2, 0) is 0 Å².